The molecule has 1 aromatic rings. The number of nitrogens with zero attached hydrogens (tertiary/aromatic N) is 1. The van der Waals surface area contributed by atoms with Crippen LogP contribution in [-0.2, 0) is 0 Å². The van der Waals surface area contributed by atoms with Gasteiger partial charge < -0.3 is 15.4 Å². The van der Waals surface area contributed by atoms with Crippen LogP contribution in [0.15, 0.2) is 34.2 Å². The lowest BCUT2D eigenvalue weighted by atomic mass is 10.1. The first-order chi connectivity index (χ1) is 10.4. The van der Waals surface area contributed by atoms with Crippen molar-refractivity contribution in [1.29, 1.82) is 0 Å². The normalized spacial score (nSPS) is 13.0. The summed E-state index contributed by atoms with van der Waals surface area (Å²) in [4.78, 5) is 5.45. The summed E-state index contributed by atoms with van der Waals surface area (Å²) >= 11 is 1.83. The fourth-order valence-corrected chi connectivity index (χ4v) is 2.88. The van der Waals surface area contributed by atoms with E-state index in [9.17, 15) is 0 Å². The maximum Gasteiger partial charge on any atom is 0.191 e. The molecule has 1 rings (SSSR count). The maximum absolute atomic E-state index is 5.38. The van der Waals surface area contributed by atoms with Crippen LogP contribution in [0.4, 0.5) is 0 Å². The highest BCUT2D eigenvalue weighted by Gasteiger charge is 2.13. The van der Waals surface area contributed by atoms with Crippen molar-refractivity contribution in [2.75, 3.05) is 26.5 Å². The zero-order valence-electron chi connectivity index (χ0n) is 15.0. The Bertz CT molecular complexity index is 489. The number of thioether (sulfide) groups is 1. The first-order valence-electron chi connectivity index (χ1n) is 7.60. The standard InChI is InChI=1S/C17H29N3OS.HI/c1-13(11-19-16(18-5)20-17(2,3)4)12-22-15-10-8-7-9-14(15)21-6;/h7-10,13H,11-12H2,1-6H3,(H2,18,19,20);1H. The second kappa shape index (κ2) is 11.0. The maximum atomic E-state index is 5.38. The average Bonchev–Trinajstić information content (AvgIpc) is 2.48. The minimum atomic E-state index is 0. The topological polar surface area (TPSA) is 45.7 Å². The van der Waals surface area contributed by atoms with Crippen LogP contribution in [0.3, 0.4) is 0 Å². The van der Waals surface area contributed by atoms with E-state index in [1.807, 2.05) is 30.0 Å². The summed E-state index contributed by atoms with van der Waals surface area (Å²) in [5.74, 6) is 3.34. The molecule has 23 heavy (non-hydrogen) atoms. The van der Waals surface area contributed by atoms with Gasteiger partial charge in [-0.3, -0.25) is 4.99 Å². The van der Waals surface area contributed by atoms with Gasteiger partial charge >= 0.3 is 0 Å². The monoisotopic (exact) mass is 451 g/mol. The molecule has 1 aromatic carbocycles. The van der Waals surface area contributed by atoms with E-state index in [0.717, 1.165) is 24.0 Å². The lowest BCUT2D eigenvalue weighted by molar-refractivity contribution is 0.405. The smallest absolute Gasteiger partial charge is 0.191 e. The molecule has 1 atom stereocenters. The van der Waals surface area contributed by atoms with Gasteiger partial charge in [-0.1, -0.05) is 19.1 Å². The number of halogens is 1. The number of hydrogen-bond acceptors (Lipinski definition) is 3. The Balaban J connectivity index is 0.00000484. The molecule has 0 bridgehead atoms. The van der Waals surface area contributed by atoms with E-state index in [0.29, 0.717) is 5.92 Å². The highest BCUT2D eigenvalue weighted by Crippen LogP contribution is 2.29. The third-order valence-electron chi connectivity index (χ3n) is 2.93. The molecule has 0 radical (unpaired) electrons. The van der Waals surface area contributed by atoms with Crippen LogP contribution in [0.1, 0.15) is 27.7 Å². The van der Waals surface area contributed by atoms with E-state index in [1.165, 1.54) is 4.90 Å². The molecule has 132 valence electrons. The molecule has 0 amide bonds. The average molecular weight is 451 g/mol. The zero-order chi connectivity index (χ0) is 16.6. The van der Waals surface area contributed by atoms with Crippen molar-refractivity contribution in [2.24, 2.45) is 10.9 Å². The summed E-state index contributed by atoms with van der Waals surface area (Å²) in [7, 11) is 3.52. The van der Waals surface area contributed by atoms with Gasteiger partial charge in [0.15, 0.2) is 5.96 Å². The molecule has 6 heteroatoms. The summed E-state index contributed by atoms with van der Waals surface area (Å²) in [6, 6.07) is 8.14. The van der Waals surface area contributed by atoms with Gasteiger partial charge in [0.2, 0.25) is 0 Å². The number of nitrogens with one attached hydrogen (secondary N) is 2. The molecule has 0 aliphatic carbocycles. The van der Waals surface area contributed by atoms with Crippen molar-refractivity contribution >= 4 is 41.7 Å². The Labute approximate surface area is 162 Å². The molecule has 4 nitrogen and oxygen atoms in total. The number of ether oxygens (including phenoxy) is 1. The number of para-hydroxylation sites is 1. The summed E-state index contributed by atoms with van der Waals surface area (Å²) < 4.78 is 5.38. The molecule has 0 saturated heterocycles. The molecule has 0 heterocycles. The molecule has 1 unspecified atom stereocenters. The second-order valence-corrected chi connectivity index (χ2v) is 7.46. The molecule has 0 aliphatic rings. The Kier molecular flexibility index (Phi) is 10.7. The van der Waals surface area contributed by atoms with Crippen LogP contribution in [-0.4, -0.2) is 38.0 Å². The van der Waals surface area contributed by atoms with Crippen molar-refractivity contribution in [1.82, 2.24) is 10.6 Å². The predicted octanol–water partition coefficient (Wildman–Crippen LogP) is 4.00. The Morgan fingerprint density at radius 1 is 1.30 bits per heavy atom. The van der Waals surface area contributed by atoms with Gasteiger partial charge in [-0.05, 0) is 38.8 Å². The van der Waals surface area contributed by atoms with Gasteiger partial charge in [-0.2, -0.15) is 0 Å². The van der Waals surface area contributed by atoms with Gasteiger partial charge in [0.1, 0.15) is 5.75 Å². The molecule has 2 N–H and O–H groups in total. The first kappa shape index (κ1) is 22.4. The molecule has 0 aliphatic heterocycles. The number of aliphatic imine (C=N–C) groups is 1. The summed E-state index contributed by atoms with van der Waals surface area (Å²) in [6.07, 6.45) is 0. The van der Waals surface area contributed by atoms with Crippen molar-refractivity contribution < 1.29 is 4.74 Å². The van der Waals surface area contributed by atoms with E-state index in [-0.39, 0.29) is 29.5 Å². The van der Waals surface area contributed by atoms with Crippen LogP contribution in [0, 0.1) is 5.92 Å². The lowest BCUT2D eigenvalue weighted by Gasteiger charge is -2.24. The van der Waals surface area contributed by atoms with Gasteiger partial charge in [0.05, 0.1) is 7.11 Å². The van der Waals surface area contributed by atoms with Gasteiger partial charge in [0, 0.05) is 29.8 Å². The van der Waals surface area contributed by atoms with E-state index in [1.54, 1.807) is 14.2 Å². The minimum absolute atomic E-state index is 0. The third-order valence-corrected chi connectivity index (χ3v) is 4.31. The van der Waals surface area contributed by atoms with Crippen molar-refractivity contribution in [3.63, 3.8) is 0 Å². The number of hydrogen-bond donors (Lipinski definition) is 2. The third kappa shape index (κ3) is 9.30. The first-order valence-corrected chi connectivity index (χ1v) is 8.59. The molecular weight excluding hydrogens is 421 g/mol. The number of benzene rings is 1. The SMILES string of the molecule is CN=C(NCC(C)CSc1ccccc1OC)NC(C)(C)C.I. The highest BCUT2D eigenvalue weighted by atomic mass is 127. The van der Waals surface area contributed by atoms with E-state index >= 15 is 0 Å². The minimum Gasteiger partial charge on any atom is -0.496 e. The molecule has 0 saturated carbocycles. The van der Waals surface area contributed by atoms with E-state index in [4.69, 9.17) is 4.74 Å². The summed E-state index contributed by atoms with van der Waals surface area (Å²) in [6.45, 7) is 9.50. The molecule has 0 fully saturated rings. The van der Waals surface area contributed by atoms with Crippen LogP contribution < -0.4 is 15.4 Å². The van der Waals surface area contributed by atoms with Crippen LogP contribution in [0.2, 0.25) is 0 Å². The molecule has 0 spiro atoms. The van der Waals surface area contributed by atoms with Crippen molar-refractivity contribution in [3.05, 3.63) is 24.3 Å². The van der Waals surface area contributed by atoms with Crippen LogP contribution in [0.5, 0.6) is 5.75 Å². The van der Waals surface area contributed by atoms with Crippen molar-refractivity contribution in [3.8, 4) is 5.75 Å². The van der Waals surface area contributed by atoms with Gasteiger partial charge in [-0.25, -0.2) is 0 Å². The lowest BCUT2D eigenvalue weighted by Crippen LogP contribution is -2.48. The largest absolute Gasteiger partial charge is 0.496 e. The van der Waals surface area contributed by atoms with E-state index in [2.05, 4.69) is 49.4 Å². The highest BCUT2D eigenvalue weighted by molar-refractivity contribution is 14.0. The van der Waals surface area contributed by atoms with Crippen LogP contribution >= 0.6 is 35.7 Å². The molecule has 0 aromatic heterocycles. The van der Waals surface area contributed by atoms with Gasteiger partial charge in [0.25, 0.3) is 0 Å². The fourth-order valence-electron chi connectivity index (χ4n) is 1.83. The Morgan fingerprint density at radius 2 is 1.96 bits per heavy atom. The fraction of sp³-hybridized carbons (Fsp3) is 0.588. The summed E-state index contributed by atoms with van der Waals surface area (Å²) in [5, 5.41) is 6.75. The predicted molar refractivity (Wildman–Crippen MR) is 113 cm³/mol. The van der Waals surface area contributed by atoms with Gasteiger partial charge in [-0.15, -0.1) is 35.7 Å². The Hall–Kier alpha value is -0.630. The molecular formula is C17H30IN3OS. The van der Waals surface area contributed by atoms with Crippen molar-refractivity contribution in [2.45, 2.75) is 38.1 Å². The Morgan fingerprint density at radius 3 is 2.52 bits per heavy atom. The number of rotatable bonds is 6. The second-order valence-electron chi connectivity index (χ2n) is 6.40. The zero-order valence-corrected chi connectivity index (χ0v) is 18.1. The van der Waals surface area contributed by atoms with E-state index < -0.39 is 0 Å². The quantitative estimate of drug-likeness (QED) is 0.297. The number of methoxy groups -OCH3 is 1. The number of guanidine groups is 1. The van der Waals surface area contributed by atoms with Crippen LogP contribution in [0.25, 0.3) is 0 Å². The summed E-state index contributed by atoms with van der Waals surface area (Å²) in [5.41, 5.74) is 0.0111.